The second-order valence-corrected chi connectivity index (χ2v) is 3.09. The molecular formula is C8H16ClNO. The molecule has 0 spiro atoms. The van der Waals surface area contributed by atoms with Gasteiger partial charge >= 0.3 is 0 Å². The molecule has 11 heavy (non-hydrogen) atoms. The SMILES string of the molecule is CCN(C(=O)CCCl)C(C)C. The topological polar surface area (TPSA) is 20.3 Å². The molecule has 0 aliphatic rings. The Morgan fingerprint density at radius 1 is 1.55 bits per heavy atom. The predicted molar refractivity (Wildman–Crippen MR) is 47.9 cm³/mol. The summed E-state index contributed by atoms with van der Waals surface area (Å²) in [5, 5.41) is 0. The van der Waals surface area contributed by atoms with Crippen LogP contribution in [-0.4, -0.2) is 29.3 Å². The van der Waals surface area contributed by atoms with Crippen LogP contribution in [0.1, 0.15) is 27.2 Å². The van der Waals surface area contributed by atoms with E-state index in [4.69, 9.17) is 11.6 Å². The Hall–Kier alpha value is -0.240. The molecular weight excluding hydrogens is 162 g/mol. The van der Waals surface area contributed by atoms with Gasteiger partial charge in [0.15, 0.2) is 0 Å². The third-order valence-corrected chi connectivity index (χ3v) is 1.78. The Bertz CT molecular complexity index is 125. The highest BCUT2D eigenvalue weighted by atomic mass is 35.5. The molecule has 0 aliphatic heterocycles. The highest BCUT2D eigenvalue weighted by molar-refractivity contribution is 6.18. The Kier molecular flexibility index (Phi) is 5.30. The molecule has 2 nitrogen and oxygen atoms in total. The highest BCUT2D eigenvalue weighted by Gasteiger charge is 2.12. The summed E-state index contributed by atoms with van der Waals surface area (Å²) in [7, 11) is 0. The van der Waals surface area contributed by atoms with Crippen LogP contribution >= 0.6 is 11.6 Å². The van der Waals surface area contributed by atoms with E-state index in [9.17, 15) is 4.79 Å². The fraction of sp³-hybridized carbons (Fsp3) is 0.875. The lowest BCUT2D eigenvalue weighted by molar-refractivity contribution is -0.132. The number of alkyl halides is 1. The lowest BCUT2D eigenvalue weighted by Crippen LogP contribution is -2.36. The van der Waals surface area contributed by atoms with Crippen LogP contribution in [0, 0.1) is 0 Å². The van der Waals surface area contributed by atoms with Crippen molar-refractivity contribution in [3.05, 3.63) is 0 Å². The van der Waals surface area contributed by atoms with Crippen LogP contribution in [0.2, 0.25) is 0 Å². The van der Waals surface area contributed by atoms with Gasteiger partial charge in [-0.05, 0) is 20.8 Å². The number of carbonyl (C=O) groups is 1. The molecule has 0 saturated carbocycles. The van der Waals surface area contributed by atoms with Crippen LogP contribution in [0.4, 0.5) is 0 Å². The van der Waals surface area contributed by atoms with Gasteiger partial charge in [0.25, 0.3) is 0 Å². The molecule has 0 saturated heterocycles. The zero-order valence-electron chi connectivity index (χ0n) is 7.43. The van der Waals surface area contributed by atoms with Crippen LogP contribution < -0.4 is 0 Å². The van der Waals surface area contributed by atoms with Crippen molar-refractivity contribution in [1.82, 2.24) is 4.90 Å². The molecule has 0 rings (SSSR count). The largest absolute Gasteiger partial charge is 0.341 e. The first-order valence-electron chi connectivity index (χ1n) is 3.98. The Morgan fingerprint density at radius 3 is 2.36 bits per heavy atom. The third kappa shape index (κ3) is 3.61. The first kappa shape index (κ1) is 10.8. The molecule has 1 amide bonds. The molecule has 0 aromatic rings. The van der Waals surface area contributed by atoms with E-state index in [2.05, 4.69) is 0 Å². The van der Waals surface area contributed by atoms with Crippen molar-refractivity contribution >= 4 is 17.5 Å². The molecule has 0 heterocycles. The average Bonchev–Trinajstić information content (AvgIpc) is 1.88. The minimum absolute atomic E-state index is 0.150. The van der Waals surface area contributed by atoms with Gasteiger partial charge in [0.2, 0.25) is 5.91 Å². The normalized spacial score (nSPS) is 10.3. The number of amides is 1. The summed E-state index contributed by atoms with van der Waals surface area (Å²) >= 11 is 5.45. The van der Waals surface area contributed by atoms with E-state index in [0.29, 0.717) is 12.3 Å². The zero-order valence-corrected chi connectivity index (χ0v) is 8.19. The summed E-state index contributed by atoms with van der Waals surface area (Å²) in [6.07, 6.45) is 0.452. The van der Waals surface area contributed by atoms with Crippen LogP contribution in [-0.2, 0) is 4.79 Å². The van der Waals surface area contributed by atoms with Gasteiger partial charge in [0, 0.05) is 24.9 Å². The monoisotopic (exact) mass is 177 g/mol. The molecule has 0 N–H and O–H groups in total. The van der Waals surface area contributed by atoms with Gasteiger partial charge in [0.05, 0.1) is 0 Å². The van der Waals surface area contributed by atoms with E-state index < -0.39 is 0 Å². The molecule has 0 unspecified atom stereocenters. The van der Waals surface area contributed by atoms with E-state index in [1.165, 1.54) is 0 Å². The van der Waals surface area contributed by atoms with Gasteiger partial charge in [-0.15, -0.1) is 11.6 Å². The van der Waals surface area contributed by atoms with Crippen LogP contribution in [0.25, 0.3) is 0 Å². The maximum atomic E-state index is 11.3. The standard InChI is InChI=1S/C8H16ClNO/c1-4-10(7(2)3)8(11)5-6-9/h7H,4-6H2,1-3H3. The lowest BCUT2D eigenvalue weighted by Gasteiger charge is -2.24. The van der Waals surface area contributed by atoms with Gasteiger partial charge < -0.3 is 4.90 Å². The second-order valence-electron chi connectivity index (χ2n) is 2.71. The average molecular weight is 178 g/mol. The van der Waals surface area contributed by atoms with Crippen LogP contribution in [0.3, 0.4) is 0 Å². The van der Waals surface area contributed by atoms with Gasteiger partial charge in [0.1, 0.15) is 0 Å². The first-order valence-corrected chi connectivity index (χ1v) is 4.52. The molecule has 0 aromatic carbocycles. The smallest absolute Gasteiger partial charge is 0.223 e. The molecule has 0 atom stereocenters. The Labute approximate surface area is 73.5 Å². The first-order chi connectivity index (χ1) is 5.13. The number of nitrogens with zero attached hydrogens (tertiary/aromatic N) is 1. The summed E-state index contributed by atoms with van der Waals surface area (Å²) in [5.41, 5.74) is 0. The van der Waals surface area contributed by atoms with Crippen LogP contribution in [0.5, 0.6) is 0 Å². The maximum Gasteiger partial charge on any atom is 0.223 e. The molecule has 0 radical (unpaired) electrons. The van der Waals surface area contributed by atoms with Crippen molar-refractivity contribution < 1.29 is 4.79 Å². The van der Waals surface area contributed by atoms with Gasteiger partial charge in [-0.3, -0.25) is 4.79 Å². The number of rotatable bonds is 4. The quantitative estimate of drug-likeness (QED) is 0.601. The van der Waals surface area contributed by atoms with Crippen molar-refractivity contribution in [1.29, 1.82) is 0 Å². The van der Waals surface area contributed by atoms with E-state index >= 15 is 0 Å². The summed E-state index contributed by atoms with van der Waals surface area (Å²) in [6, 6.07) is 0.288. The molecule has 0 aliphatic carbocycles. The lowest BCUT2D eigenvalue weighted by atomic mass is 10.3. The number of halogens is 1. The van der Waals surface area contributed by atoms with Crippen molar-refractivity contribution in [3.8, 4) is 0 Å². The molecule has 66 valence electrons. The van der Waals surface area contributed by atoms with E-state index in [-0.39, 0.29) is 11.9 Å². The molecule has 3 heteroatoms. The van der Waals surface area contributed by atoms with Crippen molar-refractivity contribution in [3.63, 3.8) is 0 Å². The number of hydrogen-bond acceptors (Lipinski definition) is 1. The summed E-state index contributed by atoms with van der Waals surface area (Å²) < 4.78 is 0. The third-order valence-electron chi connectivity index (χ3n) is 1.59. The summed E-state index contributed by atoms with van der Waals surface area (Å²) in [6.45, 7) is 6.77. The second kappa shape index (κ2) is 5.42. The fourth-order valence-electron chi connectivity index (χ4n) is 1.05. The van der Waals surface area contributed by atoms with E-state index in [1.54, 1.807) is 0 Å². The van der Waals surface area contributed by atoms with Gasteiger partial charge in [-0.25, -0.2) is 0 Å². The van der Waals surface area contributed by atoms with Crippen molar-refractivity contribution in [2.24, 2.45) is 0 Å². The molecule has 0 bridgehead atoms. The van der Waals surface area contributed by atoms with E-state index in [1.807, 2.05) is 25.7 Å². The molecule has 0 fully saturated rings. The van der Waals surface area contributed by atoms with Crippen molar-refractivity contribution in [2.75, 3.05) is 12.4 Å². The Morgan fingerprint density at radius 2 is 2.09 bits per heavy atom. The minimum Gasteiger partial charge on any atom is -0.341 e. The van der Waals surface area contributed by atoms with Crippen LogP contribution in [0.15, 0.2) is 0 Å². The highest BCUT2D eigenvalue weighted by Crippen LogP contribution is 2.01. The van der Waals surface area contributed by atoms with E-state index in [0.717, 1.165) is 6.54 Å². The predicted octanol–water partition coefficient (Wildman–Crippen LogP) is 1.87. The number of carbonyl (C=O) groups excluding carboxylic acids is 1. The summed E-state index contributed by atoms with van der Waals surface area (Å²) in [4.78, 5) is 13.1. The fourth-order valence-corrected chi connectivity index (χ4v) is 1.22. The van der Waals surface area contributed by atoms with Gasteiger partial charge in [-0.2, -0.15) is 0 Å². The van der Waals surface area contributed by atoms with Crippen molar-refractivity contribution in [2.45, 2.75) is 33.2 Å². The molecule has 0 aromatic heterocycles. The summed E-state index contributed by atoms with van der Waals surface area (Å²) in [5.74, 6) is 0.569. The Balaban J connectivity index is 3.92. The minimum atomic E-state index is 0.150. The zero-order chi connectivity index (χ0) is 8.85. The van der Waals surface area contributed by atoms with Gasteiger partial charge in [-0.1, -0.05) is 0 Å². The maximum absolute atomic E-state index is 11.3. The number of hydrogen-bond donors (Lipinski definition) is 0.